The smallest absolute Gasteiger partial charge is 0.328 e. The molecule has 0 spiro atoms. The van der Waals surface area contributed by atoms with E-state index < -0.39 is 12.0 Å². The summed E-state index contributed by atoms with van der Waals surface area (Å²) < 4.78 is 10.4. The predicted molar refractivity (Wildman–Crippen MR) is 94.3 cm³/mol. The fourth-order valence-corrected chi connectivity index (χ4v) is 3.65. The zero-order chi connectivity index (χ0) is 17.4. The first-order valence-corrected chi connectivity index (χ1v) is 9.02. The molecule has 1 unspecified atom stereocenters. The van der Waals surface area contributed by atoms with Crippen LogP contribution in [0.2, 0.25) is 0 Å². The van der Waals surface area contributed by atoms with Crippen molar-refractivity contribution in [3.05, 3.63) is 20.9 Å². The number of carbonyl (C=O) groups excluding carboxylic acids is 2. The Labute approximate surface area is 143 Å². The number of carbonyl (C=O) groups is 2. The standard InChI is InChI=1S/C15H21NO4S.C2H6.H2/c1-4-20-15(18)9(2)16-14(17)13-10(3)21-12-6-8-19-7-5-11(12)13;1-2;/h9H,4-8H2,1-3H3,(H,16,17);1-2H3;1H. The molecule has 0 aromatic carbocycles. The fraction of sp³-hybridized carbons (Fsp3) is 0.647. The van der Waals surface area contributed by atoms with Gasteiger partial charge in [0.05, 0.1) is 25.4 Å². The average molecular weight is 343 g/mol. The second-order valence-electron chi connectivity index (χ2n) is 4.99. The van der Waals surface area contributed by atoms with Gasteiger partial charge < -0.3 is 14.8 Å². The number of amides is 1. The van der Waals surface area contributed by atoms with Crippen molar-refractivity contribution in [2.24, 2.45) is 0 Å². The van der Waals surface area contributed by atoms with Crippen molar-refractivity contribution in [1.29, 1.82) is 0 Å². The van der Waals surface area contributed by atoms with Gasteiger partial charge in [-0.05, 0) is 32.8 Å². The Balaban J connectivity index is 0.00000170. The number of aryl methyl sites for hydroxylation is 1. The van der Waals surface area contributed by atoms with Gasteiger partial charge in [-0.2, -0.15) is 0 Å². The van der Waals surface area contributed by atoms with Gasteiger partial charge in [-0.15, -0.1) is 11.3 Å². The van der Waals surface area contributed by atoms with Gasteiger partial charge in [-0.3, -0.25) is 4.79 Å². The summed E-state index contributed by atoms with van der Waals surface area (Å²) in [6, 6.07) is -0.644. The number of nitrogens with one attached hydrogen (secondary N) is 1. The number of thiophene rings is 1. The molecule has 2 heterocycles. The lowest BCUT2D eigenvalue weighted by molar-refractivity contribution is -0.144. The van der Waals surface area contributed by atoms with Gasteiger partial charge in [0.25, 0.3) is 5.91 Å². The molecule has 132 valence electrons. The Bertz CT molecular complexity index is 545. The Hall–Kier alpha value is -1.40. The van der Waals surface area contributed by atoms with Gasteiger partial charge in [0.1, 0.15) is 6.04 Å². The number of fused-ring (bicyclic) bond motifs is 1. The van der Waals surface area contributed by atoms with Crippen LogP contribution in [0.1, 0.15) is 54.8 Å². The van der Waals surface area contributed by atoms with Crippen LogP contribution in [-0.4, -0.2) is 37.7 Å². The molecule has 1 amide bonds. The molecule has 0 fully saturated rings. The maximum Gasteiger partial charge on any atom is 0.328 e. The molecule has 1 aromatic heterocycles. The van der Waals surface area contributed by atoms with E-state index in [0.29, 0.717) is 25.4 Å². The lowest BCUT2D eigenvalue weighted by Crippen LogP contribution is -2.40. The Morgan fingerprint density at radius 3 is 2.65 bits per heavy atom. The first-order chi connectivity index (χ1) is 11.0. The van der Waals surface area contributed by atoms with E-state index in [1.165, 1.54) is 4.88 Å². The van der Waals surface area contributed by atoms with Crippen molar-refractivity contribution in [2.45, 2.75) is 53.5 Å². The van der Waals surface area contributed by atoms with Crippen LogP contribution in [0.3, 0.4) is 0 Å². The quantitative estimate of drug-likeness (QED) is 0.853. The molecule has 1 aliphatic rings. The summed E-state index contributed by atoms with van der Waals surface area (Å²) in [5.41, 5.74) is 1.78. The van der Waals surface area contributed by atoms with E-state index in [-0.39, 0.29) is 7.33 Å². The number of hydrogen-bond acceptors (Lipinski definition) is 5. The van der Waals surface area contributed by atoms with Crippen LogP contribution in [0.25, 0.3) is 0 Å². The summed E-state index contributed by atoms with van der Waals surface area (Å²) in [4.78, 5) is 26.3. The van der Waals surface area contributed by atoms with Crippen LogP contribution >= 0.6 is 11.3 Å². The van der Waals surface area contributed by atoms with Gasteiger partial charge in [0, 0.05) is 17.6 Å². The lowest BCUT2D eigenvalue weighted by Gasteiger charge is -2.13. The highest BCUT2D eigenvalue weighted by atomic mass is 32.1. The number of esters is 1. The van der Waals surface area contributed by atoms with E-state index >= 15 is 0 Å². The van der Waals surface area contributed by atoms with E-state index in [4.69, 9.17) is 9.47 Å². The number of hydrogen-bond donors (Lipinski definition) is 1. The second kappa shape index (κ2) is 9.67. The zero-order valence-corrected chi connectivity index (χ0v) is 15.5. The monoisotopic (exact) mass is 343 g/mol. The molecule has 6 heteroatoms. The summed E-state index contributed by atoms with van der Waals surface area (Å²) in [5.74, 6) is -0.611. The fourth-order valence-electron chi connectivity index (χ4n) is 2.45. The summed E-state index contributed by atoms with van der Waals surface area (Å²) in [6.45, 7) is 11.0. The van der Waals surface area contributed by atoms with Crippen LogP contribution in [0.4, 0.5) is 0 Å². The van der Waals surface area contributed by atoms with Gasteiger partial charge >= 0.3 is 5.97 Å². The molecule has 0 radical (unpaired) electrons. The van der Waals surface area contributed by atoms with Crippen molar-refractivity contribution in [2.75, 3.05) is 19.8 Å². The highest BCUT2D eigenvalue weighted by molar-refractivity contribution is 7.12. The molecule has 1 aromatic rings. The van der Waals surface area contributed by atoms with Crippen LogP contribution < -0.4 is 5.32 Å². The first kappa shape index (κ1) is 19.6. The minimum absolute atomic E-state index is 0. The maximum absolute atomic E-state index is 12.5. The third-order valence-electron chi connectivity index (χ3n) is 3.45. The van der Waals surface area contributed by atoms with Crippen LogP contribution in [0, 0.1) is 6.92 Å². The molecule has 0 aliphatic carbocycles. The summed E-state index contributed by atoms with van der Waals surface area (Å²) in [5, 5.41) is 2.73. The molecule has 5 nitrogen and oxygen atoms in total. The normalized spacial score (nSPS) is 14.7. The van der Waals surface area contributed by atoms with Crippen molar-refractivity contribution in [3.8, 4) is 0 Å². The SMILES string of the molecule is CC.CCOC(=O)C(C)NC(=O)c1c(C)sc2c1CCOCC2.[HH]. The average Bonchev–Trinajstić information content (AvgIpc) is 2.69. The van der Waals surface area contributed by atoms with Crippen LogP contribution in [-0.2, 0) is 27.1 Å². The topological polar surface area (TPSA) is 64.6 Å². The van der Waals surface area contributed by atoms with Gasteiger partial charge in [0.2, 0.25) is 0 Å². The maximum atomic E-state index is 12.5. The van der Waals surface area contributed by atoms with E-state index in [2.05, 4.69) is 5.32 Å². The molecular formula is C17H29NO4S. The van der Waals surface area contributed by atoms with Crippen molar-refractivity contribution in [1.82, 2.24) is 5.32 Å². The largest absolute Gasteiger partial charge is 0.464 e. The molecule has 0 saturated heterocycles. The van der Waals surface area contributed by atoms with E-state index in [9.17, 15) is 9.59 Å². The van der Waals surface area contributed by atoms with E-state index in [1.807, 2.05) is 20.8 Å². The molecule has 0 saturated carbocycles. The summed E-state index contributed by atoms with van der Waals surface area (Å²) >= 11 is 1.65. The Kier molecular flexibility index (Phi) is 8.26. The molecule has 1 N–H and O–H groups in total. The van der Waals surface area contributed by atoms with Gasteiger partial charge in [0.15, 0.2) is 0 Å². The van der Waals surface area contributed by atoms with Crippen molar-refractivity contribution in [3.63, 3.8) is 0 Å². The van der Waals surface area contributed by atoms with E-state index in [1.54, 1.807) is 25.2 Å². The van der Waals surface area contributed by atoms with E-state index in [0.717, 1.165) is 23.3 Å². The molecular weight excluding hydrogens is 314 g/mol. The number of rotatable bonds is 4. The zero-order valence-electron chi connectivity index (χ0n) is 14.7. The third-order valence-corrected chi connectivity index (χ3v) is 4.66. The molecule has 23 heavy (non-hydrogen) atoms. The highest BCUT2D eigenvalue weighted by Crippen LogP contribution is 2.30. The molecule has 2 rings (SSSR count). The summed E-state index contributed by atoms with van der Waals surface area (Å²) in [6.07, 6.45) is 1.60. The molecule has 1 atom stereocenters. The van der Waals surface area contributed by atoms with Crippen molar-refractivity contribution >= 4 is 23.2 Å². The first-order valence-electron chi connectivity index (χ1n) is 8.21. The third kappa shape index (κ3) is 5.04. The van der Waals surface area contributed by atoms with Gasteiger partial charge in [-0.25, -0.2) is 4.79 Å². The number of ether oxygens (including phenoxy) is 2. The minimum Gasteiger partial charge on any atom is -0.464 e. The van der Waals surface area contributed by atoms with Crippen LogP contribution in [0.5, 0.6) is 0 Å². The molecule has 1 aliphatic heterocycles. The lowest BCUT2D eigenvalue weighted by atomic mass is 10.0. The Morgan fingerprint density at radius 2 is 2.00 bits per heavy atom. The Morgan fingerprint density at radius 1 is 1.35 bits per heavy atom. The van der Waals surface area contributed by atoms with Gasteiger partial charge in [-0.1, -0.05) is 13.8 Å². The minimum atomic E-state index is -0.644. The summed E-state index contributed by atoms with van der Waals surface area (Å²) in [7, 11) is 0. The second-order valence-corrected chi connectivity index (χ2v) is 6.30. The molecule has 0 bridgehead atoms. The van der Waals surface area contributed by atoms with Crippen molar-refractivity contribution < 1.29 is 20.5 Å². The van der Waals surface area contributed by atoms with Crippen LogP contribution in [0.15, 0.2) is 0 Å². The highest BCUT2D eigenvalue weighted by Gasteiger charge is 2.25. The predicted octanol–water partition coefficient (Wildman–Crippen LogP) is 3.13.